The Balaban J connectivity index is 1.37. The van der Waals surface area contributed by atoms with Gasteiger partial charge >= 0.3 is 0 Å². The van der Waals surface area contributed by atoms with Crippen LogP contribution in [-0.4, -0.2) is 51.4 Å². The number of methoxy groups -OCH3 is 1. The van der Waals surface area contributed by atoms with Crippen LogP contribution in [-0.2, 0) is 29.0 Å². The van der Waals surface area contributed by atoms with Gasteiger partial charge in [-0.1, -0.05) is 41.6 Å². The van der Waals surface area contributed by atoms with Crippen LogP contribution in [0.4, 0.5) is 0 Å². The van der Waals surface area contributed by atoms with Crippen LogP contribution in [0.15, 0.2) is 52.4 Å². The van der Waals surface area contributed by atoms with Gasteiger partial charge in [-0.15, -0.1) is 0 Å². The number of aromatic amines is 1. The lowest BCUT2D eigenvalue weighted by atomic mass is 10.0. The van der Waals surface area contributed by atoms with Crippen molar-refractivity contribution in [3.05, 3.63) is 69.1 Å². The van der Waals surface area contributed by atoms with Crippen molar-refractivity contribution < 1.29 is 9.53 Å². The van der Waals surface area contributed by atoms with Crippen molar-refractivity contribution in [2.45, 2.75) is 31.1 Å². The Morgan fingerprint density at radius 2 is 2.09 bits per heavy atom. The van der Waals surface area contributed by atoms with E-state index in [-0.39, 0.29) is 17.2 Å². The van der Waals surface area contributed by atoms with Crippen LogP contribution in [0.3, 0.4) is 0 Å². The van der Waals surface area contributed by atoms with Gasteiger partial charge in [0.15, 0.2) is 5.16 Å². The Morgan fingerprint density at radius 1 is 1.24 bits per heavy atom. The molecule has 0 saturated heterocycles. The second-order valence-corrected chi connectivity index (χ2v) is 9.72. The summed E-state index contributed by atoms with van der Waals surface area (Å²) in [5.74, 6) is 0.241. The van der Waals surface area contributed by atoms with E-state index in [0.717, 1.165) is 11.9 Å². The van der Waals surface area contributed by atoms with Crippen molar-refractivity contribution in [3.63, 3.8) is 0 Å². The molecule has 1 N–H and O–H groups in total. The predicted octanol–water partition coefficient (Wildman–Crippen LogP) is 4.24. The maximum atomic E-state index is 13.2. The highest BCUT2D eigenvalue weighted by Crippen LogP contribution is 2.28. The number of amides is 1. The highest BCUT2D eigenvalue weighted by molar-refractivity contribution is 7.99. The van der Waals surface area contributed by atoms with E-state index in [9.17, 15) is 9.59 Å². The van der Waals surface area contributed by atoms with Crippen molar-refractivity contribution in [2.24, 2.45) is 0 Å². The first-order valence-corrected chi connectivity index (χ1v) is 12.6. The van der Waals surface area contributed by atoms with E-state index < -0.39 is 0 Å². The first-order chi connectivity index (χ1) is 16.5. The van der Waals surface area contributed by atoms with Crippen LogP contribution >= 0.6 is 23.4 Å². The number of rotatable bonds is 7. The number of benzene rings is 2. The number of fused-ring (bicyclic) bond motifs is 4. The standard InChI is InChI=1S/C25H25ClN4O3S/c1-33-12-4-10-30-24(32)18-8-7-16(26)13-22(18)28-25(30)34-15-23(31)29-11-9-21-19(14-29)17-5-2-3-6-20(17)27-21/h2-3,5-8,13,27H,4,9-12,14-15H2,1H3. The van der Waals surface area contributed by atoms with Gasteiger partial charge in [0.2, 0.25) is 5.91 Å². The zero-order valence-corrected chi connectivity index (χ0v) is 20.4. The molecule has 34 heavy (non-hydrogen) atoms. The zero-order chi connectivity index (χ0) is 23.7. The Labute approximate surface area is 206 Å². The van der Waals surface area contributed by atoms with Gasteiger partial charge in [-0.25, -0.2) is 4.98 Å². The number of halogens is 1. The van der Waals surface area contributed by atoms with Crippen LogP contribution < -0.4 is 5.56 Å². The molecule has 0 bridgehead atoms. The van der Waals surface area contributed by atoms with E-state index in [1.165, 1.54) is 28.4 Å². The van der Waals surface area contributed by atoms with Gasteiger partial charge in [-0.05, 0) is 30.7 Å². The summed E-state index contributed by atoms with van der Waals surface area (Å²) in [6.45, 7) is 2.26. The number of nitrogens with zero attached hydrogens (tertiary/aromatic N) is 3. The van der Waals surface area contributed by atoms with Crippen molar-refractivity contribution in [3.8, 4) is 0 Å². The van der Waals surface area contributed by atoms with E-state index in [1.807, 2.05) is 17.0 Å². The summed E-state index contributed by atoms with van der Waals surface area (Å²) < 4.78 is 6.79. The number of thioether (sulfide) groups is 1. The van der Waals surface area contributed by atoms with Crippen molar-refractivity contribution in [1.29, 1.82) is 0 Å². The van der Waals surface area contributed by atoms with Gasteiger partial charge in [-0.2, -0.15) is 0 Å². The summed E-state index contributed by atoms with van der Waals surface area (Å²) in [4.78, 5) is 36.4. The molecule has 2 aromatic carbocycles. The van der Waals surface area contributed by atoms with Crippen molar-refractivity contribution >= 4 is 51.1 Å². The van der Waals surface area contributed by atoms with Crippen LogP contribution in [0.5, 0.6) is 0 Å². The number of ether oxygens (including phenoxy) is 1. The summed E-state index contributed by atoms with van der Waals surface area (Å²) in [5.41, 5.74) is 3.91. The number of para-hydroxylation sites is 1. The molecule has 176 valence electrons. The Bertz CT molecular complexity index is 1430. The van der Waals surface area contributed by atoms with Gasteiger partial charge < -0.3 is 14.6 Å². The second-order valence-electron chi connectivity index (χ2n) is 8.34. The van der Waals surface area contributed by atoms with Gasteiger partial charge in [0.05, 0.1) is 16.7 Å². The number of hydrogen-bond acceptors (Lipinski definition) is 5. The van der Waals surface area contributed by atoms with Crippen LogP contribution in [0.1, 0.15) is 17.7 Å². The molecule has 0 spiro atoms. The normalized spacial score (nSPS) is 13.5. The fraction of sp³-hybridized carbons (Fsp3) is 0.320. The second kappa shape index (κ2) is 9.82. The summed E-state index contributed by atoms with van der Waals surface area (Å²) >= 11 is 7.43. The number of aromatic nitrogens is 3. The Kier molecular flexibility index (Phi) is 6.63. The van der Waals surface area contributed by atoms with Gasteiger partial charge in [0, 0.05) is 67.0 Å². The third kappa shape index (κ3) is 4.45. The fourth-order valence-electron chi connectivity index (χ4n) is 4.45. The summed E-state index contributed by atoms with van der Waals surface area (Å²) in [6.07, 6.45) is 1.48. The van der Waals surface area contributed by atoms with E-state index in [4.69, 9.17) is 16.3 Å². The Hall–Kier alpha value is -2.81. The smallest absolute Gasteiger partial charge is 0.262 e. The molecule has 4 aromatic rings. The zero-order valence-electron chi connectivity index (χ0n) is 18.8. The molecule has 0 unspecified atom stereocenters. The monoisotopic (exact) mass is 496 g/mol. The molecule has 1 amide bonds. The molecule has 5 rings (SSSR count). The molecule has 7 nitrogen and oxygen atoms in total. The quantitative estimate of drug-likeness (QED) is 0.235. The lowest BCUT2D eigenvalue weighted by molar-refractivity contribution is -0.129. The van der Waals surface area contributed by atoms with Crippen LogP contribution in [0, 0.1) is 0 Å². The maximum absolute atomic E-state index is 13.2. The lowest BCUT2D eigenvalue weighted by Crippen LogP contribution is -2.37. The minimum atomic E-state index is -0.130. The molecular formula is C25H25ClN4O3S. The third-order valence-electron chi connectivity index (χ3n) is 6.17. The molecule has 1 aliphatic rings. The lowest BCUT2D eigenvalue weighted by Gasteiger charge is -2.27. The van der Waals surface area contributed by atoms with Gasteiger partial charge in [0.1, 0.15) is 0 Å². The third-order valence-corrected chi connectivity index (χ3v) is 7.37. The molecule has 0 saturated carbocycles. The predicted molar refractivity (Wildman–Crippen MR) is 136 cm³/mol. The SMILES string of the molecule is COCCCn1c(SCC(=O)N2CCc3[nH]c4ccccc4c3C2)nc2cc(Cl)ccc2c1=O. The molecule has 0 radical (unpaired) electrons. The summed E-state index contributed by atoms with van der Waals surface area (Å²) in [7, 11) is 1.63. The molecule has 0 aliphatic carbocycles. The number of carbonyl (C=O) groups excluding carboxylic acids is 1. The van der Waals surface area contributed by atoms with E-state index in [1.54, 1.807) is 29.9 Å². The average Bonchev–Trinajstić information content (AvgIpc) is 3.22. The maximum Gasteiger partial charge on any atom is 0.262 e. The van der Waals surface area contributed by atoms with E-state index in [0.29, 0.717) is 53.7 Å². The van der Waals surface area contributed by atoms with E-state index in [2.05, 4.69) is 22.1 Å². The van der Waals surface area contributed by atoms with Gasteiger partial charge in [0.25, 0.3) is 5.56 Å². The number of carbonyl (C=O) groups is 1. The molecule has 2 aromatic heterocycles. The minimum absolute atomic E-state index is 0.0322. The van der Waals surface area contributed by atoms with Crippen molar-refractivity contribution in [1.82, 2.24) is 19.4 Å². The first kappa shape index (κ1) is 23.0. The van der Waals surface area contributed by atoms with Gasteiger partial charge in [-0.3, -0.25) is 14.2 Å². The van der Waals surface area contributed by atoms with E-state index >= 15 is 0 Å². The summed E-state index contributed by atoms with van der Waals surface area (Å²) in [6, 6.07) is 13.3. The molecular weight excluding hydrogens is 472 g/mol. The highest BCUT2D eigenvalue weighted by Gasteiger charge is 2.24. The van der Waals surface area contributed by atoms with Crippen LogP contribution in [0.25, 0.3) is 21.8 Å². The molecule has 3 heterocycles. The summed E-state index contributed by atoms with van der Waals surface area (Å²) in [5, 5.41) is 2.73. The number of H-pyrrole nitrogens is 1. The topological polar surface area (TPSA) is 80.2 Å². The largest absolute Gasteiger partial charge is 0.385 e. The van der Waals surface area contributed by atoms with Crippen LogP contribution in [0.2, 0.25) is 5.02 Å². The van der Waals surface area contributed by atoms with Crippen molar-refractivity contribution in [2.75, 3.05) is 26.0 Å². The molecule has 0 atom stereocenters. The first-order valence-electron chi connectivity index (χ1n) is 11.2. The minimum Gasteiger partial charge on any atom is -0.385 e. The molecule has 0 fully saturated rings. The fourth-order valence-corrected chi connectivity index (χ4v) is 5.54. The molecule has 1 aliphatic heterocycles. The number of hydrogen-bond donors (Lipinski definition) is 1. The Morgan fingerprint density at radius 3 is 2.94 bits per heavy atom. The number of nitrogens with one attached hydrogen (secondary N) is 1. The average molecular weight is 497 g/mol. The molecule has 9 heteroatoms. The highest BCUT2D eigenvalue weighted by atomic mass is 35.5.